The third kappa shape index (κ3) is 5.74. The van der Waals surface area contributed by atoms with E-state index in [1.54, 1.807) is 11.9 Å². The van der Waals surface area contributed by atoms with Gasteiger partial charge in [-0.2, -0.15) is 0 Å². The van der Waals surface area contributed by atoms with E-state index in [0.29, 0.717) is 19.4 Å². The van der Waals surface area contributed by atoms with Crippen LogP contribution in [0.1, 0.15) is 24.0 Å². The van der Waals surface area contributed by atoms with Gasteiger partial charge in [0.15, 0.2) is 0 Å². The number of hydrogen-bond acceptors (Lipinski definition) is 4. The van der Waals surface area contributed by atoms with Crippen LogP contribution in [-0.2, 0) is 22.4 Å². The van der Waals surface area contributed by atoms with Gasteiger partial charge in [0.05, 0.1) is 0 Å². The highest BCUT2D eigenvalue weighted by molar-refractivity contribution is 5.90. The summed E-state index contributed by atoms with van der Waals surface area (Å²) in [4.78, 5) is 32.2. The summed E-state index contributed by atoms with van der Waals surface area (Å²) < 4.78 is 0. The van der Waals surface area contributed by atoms with Gasteiger partial charge in [0, 0.05) is 49.1 Å². The monoisotopic (exact) mass is 511 g/mol. The Morgan fingerprint density at radius 1 is 1.00 bits per heavy atom. The van der Waals surface area contributed by atoms with Crippen LogP contribution < -0.4 is 16.4 Å². The summed E-state index contributed by atoms with van der Waals surface area (Å²) in [6.45, 7) is 1.97. The van der Waals surface area contributed by atoms with Crippen LogP contribution >= 0.6 is 0 Å². The first-order valence-electron chi connectivity index (χ1n) is 13.5. The summed E-state index contributed by atoms with van der Waals surface area (Å²) >= 11 is 0. The van der Waals surface area contributed by atoms with Gasteiger partial charge in [0.25, 0.3) is 0 Å². The summed E-state index contributed by atoms with van der Waals surface area (Å²) in [7, 11) is 1.80. The predicted octanol–water partition coefficient (Wildman–Crippen LogP) is 3.38. The lowest BCUT2D eigenvalue weighted by Gasteiger charge is -2.32. The van der Waals surface area contributed by atoms with Crippen LogP contribution in [0.25, 0.3) is 21.7 Å². The van der Waals surface area contributed by atoms with Crippen molar-refractivity contribution in [1.82, 2.24) is 20.5 Å². The average Bonchev–Trinajstić information content (AvgIpc) is 3.38. The first-order chi connectivity index (χ1) is 18.5. The molecule has 2 atom stereocenters. The van der Waals surface area contributed by atoms with Crippen molar-refractivity contribution in [3.8, 4) is 0 Å². The van der Waals surface area contributed by atoms with Crippen LogP contribution in [0.3, 0.4) is 0 Å². The number of likely N-dealkylation sites (N-methyl/N-ethyl adjacent to an activating group) is 1. The quantitative estimate of drug-likeness (QED) is 0.277. The second-order valence-electron chi connectivity index (χ2n) is 10.4. The molecule has 7 nitrogen and oxygen atoms in total. The number of para-hydroxylation sites is 1. The lowest BCUT2D eigenvalue weighted by atomic mass is 9.95. The van der Waals surface area contributed by atoms with Crippen molar-refractivity contribution in [2.24, 2.45) is 11.7 Å². The fourth-order valence-electron chi connectivity index (χ4n) is 5.53. The maximum absolute atomic E-state index is 14.0. The zero-order valence-corrected chi connectivity index (χ0v) is 22.0. The Hall–Kier alpha value is -3.68. The van der Waals surface area contributed by atoms with E-state index in [4.69, 9.17) is 5.73 Å². The molecule has 1 saturated heterocycles. The van der Waals surface area contributed by atoms with Crippen LogP contribution in [0.5, 0.6) is 0 Å². The van der Waals surface area contributed by atoms with Crippen LogP contribution in [-0.4, -0.2) is 60.5 Å². The second kappa shape index (κ2) is 11.8. The number of aromatic nitrogens is 1. The van der Waals surface area contributed by atoms with E-state index in [1.807, 2.05) is 42.6 Å². The molecule has 1 unspecified atom stereocenters. The number of piperidine rings is 1. The third-order valence-electron chi connectivity index (χ3n) is 7.88. The van der Waals surface area contributed by atoms with Gasteiger partial charge >= 0.3 is 0 Å². The Bertz CT molecular complexity index is 1410. The summed E-state index contributed by atoms with van der Waals surface area (Å²) in [6.07, 6.45) is 4.62. The molecule has 7 heteroatoms. The van der Waals surface area contributed by atoms with Gasteiger partial charge in [-0.25, -0.2) is 0 Å². The zero-order valence-electron chi connectivity index (χ0n) is 22.0. The molecule has 38 heavy (non-hydrogen) atoms. The number of nitrogens with two attached hydrogens (primary N) is 1. The van der Waals surface area contributed by atoms with Gasteiger partial charge in [-0.15, -0.1) is 0 Å². The highest BCUT2D eigenvalue weighted by Crippen LogP contribution is 2.22. The number of carbonyl (C=O) groups is 2. The molecule has 1 aliphatic rings. The van der Waals surface area contributed by atoms with Crippen LogP contribution in [0, 0.1) is 5.92 Å². The van der Waals surface area contributed by atoms with Crippen molar-refractivity contribution < 1.29 is 9.59 Å². The molecule has 5 rings (SSSR count). The molecule has 5 N–H and O–H groups in total. The topological polar surface area (TPSA) is 103 Å². The molecule has 1 fully saturated rings. The number of H-pyrrole nitrogens is 1. The number of nitrogens with one attached hydrogen (secondary N) is 3. The van der Waals surface area contributed by atoms with Crippen LogP contribution in [0.15, 0.2) is 72.9 Å². The molecule has 1 aliphatic heterocycles. The SMILES string of the molecule is CN(C(=O)[C@@H](Cc1ccc2ccccc2c1)NC(=O)C1CCNCC1)C(CN)Cc1c[nH]c2ccccc12. The van der Waals surface area contributed by atoms with Crippen molar-refractivity contribution >= 4 is 33.5 Å². The normalized spacial score (nSPS) is 15.8. The molecule has 1 aromatic heterocycles. The van der Waals surface area contributed by atoms with Crippen molar-refractivity contribution in [2.75, 3.05) is 26.7 Å². The maximum Gasteiger partial charge on any atom is 0.245 e. The number of amides is 2. The minimum atomic E-state index is -0.666. The molecule has 198 valence electrons. The van der Waals surface area contributed by atoms with Gasteiger partial charge in [-0.1, -0.05) is 60.7 Å². The lowest BCUT2D eigenvalue weighted by Crippen LogP contribution is -2.54. The Labute approximate surface area is 223 Å². The van der Waals surface area contributed by atoms with Gasteiger partial charge in [0.1, 0.15) is 6.04 Å². The third-order valence-corrected chi connectivity index (χ3v) is 7.88. The number of aromatic amines is 1. The lowest BCUT2D eigenvalue weighted by molar-refractivity contribution is -0.138. The van der Waals surface area contributed by atoms with E-state index < -0.39 is 6.04 Å². The number of rotatable bonds is 9. The molecular weight excluding hydrogens is 474 g/mol. The molecular formula is C31H37N5O2. The summed E-state index contributed by atoms with van der Waals surface area (Å²) in [6, 6.07) is 21.7. The molecule has 3 aromatic carbocycles. The van der Waals surface area contributed by atoms with E-state index in [-0.39, 0.29) is 23.8 Å². The molecule has 0 aliphatic carbocycles. The first-order valence-corrected chi connectivity index (χ1v) is 13.5. The van der Waals surface area contributed by atoms with Crippen molar-refractivity contribution in [3.63, 3.8) is 0 Å². The fourth-order valence-corrected chi connectivity index (χ4v) is 5.53. The summed E-state index contributed by atoms with van der Waals surface area (Å²) in [5.41, 5.74) is 9.41. The second-order valence-corrected chi connectivity index (χ2v) is 10.4. The van der Waals surface area contributed by atoms with Gasteiger partial charge in [-0.05, 0) is 60.3 Å². The molecule has 0 saturated carbocycles. The van der Waals surface area contributed by atoms with E-state index in [9.17, 15) is 9.59 Å². The van der Waals surface area contributed by atoms with Gasteiger partial charge in [-0.3, -0.25) is 9.59 Å². The Balaban J connectivity index is 1.37. The molecule has 4 aromatic rings. The fraction of sp³-hybridized carbons (Fsp3) is 0.355. The minimum absolute atomic E-state index is 0.0417. The Morgan fingerprint density at radius 3 is 2.53 bits per heavy atom. The molecule has 2 amide bonds. The zero-order chi connectivity index (χ0) is 26.5. The smallest absolute Gasteiger partial charge is 0.245 e. The summed E-state index contributed by atoms with van der Waals surface area (Å²) in [5.74, 6) is -0.235. The summed E-state index contributed by atoms with van der Waals surface area (Å²) in [5, 5.41) is 9.84. The number of nitrogens with zero attached hydrogens (tertiary/aromatic N) is 1. The van der Waals surface area contributed by atoms with E-state index in [0.717, 1.165) is 58.7 Å². The average molecular weight is 512 g/mol. The number of hydrogen-bond donors (Lipinski definition) is 4. The van der Waals surface area contributed by atoms with Crippen molar-refractivity contribution in [3.05, 3.63) is 84.1 Å². The van der Waals surface area contributed by atoms with Crippen molar-refractivity contribution in [1.29, 1.82) is 0 Å². The minimum Gasteiger partial charge on any atom is -0.361 e. The van der Waals surface area contributed by atoms with E-state index >= 15 is 0 Å². The molecule has 0 radical (unpaired) electrons. The standard InChI is InChI=1S/C31H37N5O2/c1-36(26(19-32)18-25-20-34-28-9-5-4-8-27(25)28)31(38)29(35-30(37)23-12-14-33-15-13-23)17-21-10-11-22-6-2-3-7-24(22)16-21/h2-11,16,20,23,26,29,33-34H,12-15,17-19,32H2,1H3,(H,35,37)/t26?,29-/m1/s1. The number of carbonyl (C=O) groups excluding carboxylic acids is 2. The van der Waals surface area contributed by atoms with E-state index in [2.05, 4.69) is 45.9 Å². The highest BCUT2D eigenvalue weighted by Gasteiger charge is 2.31. The predicted molar refractivity (Wildman–Crippen MR) is 153 cm³/mol. The largest absolute Gasteiger partial charge is 0.361 e. The van der Waals surface area contributed by atoms with Crippen LogP contribution in [0.2, 0.25) is 0 Å². The molecule has 0 bridgehead atoms. The number of benzene rings is 3. The van der Waals surface area contributed by atoms with Gasteiger partial charge < -0.3 is 26.3 Å². The molecule has 2 heterocycles. The molecule has 0 spiro atoms. The Kier molecular flexibility index (Phi) is 8.05. The maximum atomic E-state index is 14.0. The number of fused-ring (bicyclic) bond motifs is 2. The van der Waals surface area contributed by atoms with Crippen molar-refractivity contribution in [2.45, 2.75) is 37.8 Å². The van der Waals surface area contributed by atoms with Gasteiger partial charge in [0.2, 0.25) is 11.8 Å². The van der Waals surface area contributed by atoms with Crippen LogP contribution in [0.4, 0.5) is 0 Å². The first kappa shape index (κ1) is 25.9. The Morgan fingerprint density at radius 2 is 1.74 bits per heavy atom. The van der Waals surface area contributed by atoms with E-state index in [1.165, 1.54) is 0 Å². The highest BCUT2D eigenvalue weighted by atomic mass is 16.2.